The third-order valence-corrected chi connectivity index (χ3v) is 6.20. The topological polar surface area (TPSA) is 209 Å². The van der Waals surface area contributed by atoms with Gasteiger partial charge in [0.2, 0.25) is 11.8 Å². The van der Waals surface area contributed by atoms with Gasteiger partial charge < -0.3 is 21.3 Å². The first-order valence-corrected chi connectivity index (χ1v) is 11.3. The highest BCUT2D eigenvalue weighted by molar-refractivity contribution is 6.23. The molecule has 2 aromatic carbocycles. The van der Waals surface area contributed by atoms with Gasteiger partial charge in [0.05, 0.1) is 22.3 Å². The lowest BCUT2D eigenvalue weighted by atomic mass is 10.0. The van der Waals surface area contributed by atoms with Crippen molar-refractivity contribution in [2.75, 3.05) is 13.1 Å². The van der Waals surface area contributed by atoms with Gasteiger partial charge >= 0.3 is 0 Å². The zero-order valence-electron chi connectivity index (χ0n) is 19.3. The number of nitrogens with one attached hydrogen (secondary N) is 6. The normalized spacial score (nSPS) is 19.6. The number of carbonyl (C=O) groups excluding carboxylic acids is 8. The molecule has 8 amide bonds. The van der Waals surface area contributed by atoms with E-state index >= 15 is 0 Å². The van der Waals surface area contributed by atoms with Crippen molar-refractivity contribution in [3.05, 3.63) is 69.8 Å². The Hall–Kier alpha value is -5.40. The fourth-order valence-corrected chi connectivity index (χ4v) is 4.18. The zero-order chi connectivity index (χ0) is 27.1. The van der Waals surface area contributed by atoms with E-state index in [9.17, 15) is 38.4 Å². The van der Waals surface area contributed by atoms with Crippen LogP contribution in [0.25, 0.3) is 0 Å². The highest BCUT2D eigenvalue weighted by atomic mass is 16.2. The van der Waals surface area contributed by atoms with Crippen molar-refractivity contribution >= 4 is 47.3 Å². The van der Waals surface area contributed by atoms with E-state index in [0.29, 0.717) is 0 Å². The molecule has 38 heavy (non-hydrogen) atoms. The minimum Gasteiger partial charge on any atom is -0.349 e. The van der Waals surface area contributed by atoms with E-state index in [2.05, 4.69) is 31.9 Å². The van der Waals surface area contributed by atoms with Crippen LogP contribution in [0.3, 0.4) is 0 Å². The Morgan fingerprint density at radius 1 is 0.605 bits per heavy atom. The Balaban J connectivity index is 0.00000220. The van der Waals surface area contributed by atoms with E-state index in [1.807, 2.05) is 0 Å². The van der Waals surface area contributed by atoms with Crippen molar-refractivity contribution in [1.29, 1.82) is 0 Å². The van der Waals surface area contributed by atoms with E-state index in [1.54, 1.807) is 0 Å². The number of imide groups is 2. The highest BCUT2D eigenvalue weighted by Crippen LogP contribution is 2.18. The van der Waals surface area contributed by atoms with Crippen LogP contribution < -0.4 is 31.9 Å². The van der Waals surface area contributed by atoms with E-state index < -0.39 is 59.3 Å². The molecule has 1 fully saturated rings. The van der Waals surface area contributed by atoms with Crippen LogP contribution in [0.4, 0.5) is 0 Å². The van der Waals surface area contributed by atoms with Gasteiger partial charge in [0.1, 0.15) is 12.1 Å². The summed E-state index contributed by atoms with van der Waals surface area (Å²) in [5.74, 6) is -4.79. The van der Waals surface area contributed by atoms with Crippen LogP contribution in [0.15, 0.2) is 36.4 Å². The van der Waals surface area contributed by atoms with Crippen molar-refractivity contribution in [3.63, 3.8) is 0 Å². The molecule has 3 aliphatic heterocycles. The SMILES string of the molecule is O=C(NCC1NC(=O)C(CNC(=O)c2ccc3c(c2)C(=O)NC3=O)NC1=O)c1ccc2c(c1)C(=O)NC2=O.[HH].[HH].[HH].[HH]. The van der Waals surface area contributed by atoms with Crippen LogP contribution in [0, 0.1) is 0 Å². The van der Waals surface area contributed by atoms with Crippen LogP contribution >= 0.6 is 0 Å². The molecule has 14 nitrogen and oxygen atoms in total. The Labute approximate surface area is 218 Å². The van der Waals surface area contributed by atoms with E-state index in [1.165, 1.54) is 36.4 Å². The first kappa shape index (κ1) is 24.3. The fraction of sp³-hybridized carbons (Fsp3) is 0.167. The molecule has 0 spiro atoms. The number of benzene rings is 2. The van der Waals surface area contributed by atoms with Crippen molar-refractivity contribution in [1.82, 2.24) is 31.9 Å². The summed E-state index contributed by atoms with van der Waals surface area (Å²) in [6, 6.07) is 5.73. The predicted octanol–water partition coefficient (Wildman–Crippen LogP) is -1.42. The monoisotopic (exact) mass is 526 g/mol. The first-order valence-electron chi connectivity index (χ1n) is 11.3. The molecule has 0 aromatic heterocycles. The molecule has 2 aromatic rings. The number of hydrogen-bond acceptors (Lipinski definition) is 8. The van der Waals surface area contributed by atoms with E-state index in [0.717, 1.165) is 0 Å². The van der Waals surface area contributed by atoms with Gasteiger partial charge in [-0.15, -0.1) is 0 Å². The second kappa shape index (κ2) is 9.24. The van der Waals surface area contributed by atoms with Crippen molar-refractivity contribution < 1.29 is 44.1 Å². The molecule has 0 bridgehead atoms. The standard InChI is InChI=1S/C24H18N6O8.4H2/c31-17(9-1-3-11-13(5-9)21(35)29-19(11)33)25-7-15-23(37)28-16(24(38)27-15)8-26-18(32)10-2-4-12-14(6-10)22(36)30-20(12)34;;;;/h1-6,15-16H,7-8H2,(H,25,31)(H,26,32)(H,27,38)(H,28,37)(H,29,33,35)(H,30,34,36);4*1H. The second-order valence-electron chi connectivity index (χ2n) is 8.63. The third-order valence-electron chi connectivity index (χ3n) is 6.20. The number of carbonyl (C=O) groups is 8. The van der Waals surface area contributed by atoms with Gasteiger partial charge in [0.15, 0.2) is 0 Å². The van der Waals surface area contributed by atoms with E-state index in [-0.39, 0.29) is 52.2 Å². The lowest BCUT2D eigenvalue weighted by Gasteiger charge is -2.29. The number of fused-ring (bicyclic) bond motifs is 2. The van der Waals surface area contributed by atoms with Crippen molar-refractivity contribution in [2.45, 2.75) is 12.1 Å². The van der Waals surface area contributed by atoms with Crippen LogP contribution in [-0.2, 0) is 9.59 Å². The smallest absolute Gasteiger partial charge is 0.258 e. The Kier molecular flexibility index (Phi) is 5.91. The Bertz CT molecular complexity index is 1410. The largest absolute Gasteiger partial charge is 0.349 e. The molecule has 1 saturated heterocycles. The van der Waals surface area contributed by atoms with Gasteiger partial charge in [-0.2, -0.15) is 0 Å². The molecule has 2 atom stereocenters. The number of amides is 8. The molecule has 0 saturated carbocycles. The van der Waals surface area contributed by atoms with Crippen molar-refractivity contribution in [2.24, 2.45) is 0 Å². The summed E-state index contributed by atoms with van der Waals surface area (Å²) in [6.45, 7) is -0.513. The molecular formula is C24H26N6O8. The maximum absolute atomic E-state index is 12.5. The van der Waals surface area contributed by atoms with Crippen molar-refractivity contribution in [3.8, 4) is 0 Å². The van der Waals surface area contributed by atoms with Crippen LogP contribution in [0.2, 0.25) is 0 Å². The number of rotatable bonds is 6. The predicted molar refractivity (Wildman–Crippen MR) is 133 cm³/mol. The summed E-state index contributed by atoms with van der Waals surface area (Å²) >= 11 is 0. The van der Waals surface area contributed by atoms with Gasteiger partial charge in [-0.25, -0.2) is 0 Å². The summed E-state index contributed by atoms with van der Waals surface area (Å²) in [5, 5.41) is 14.2. The molecule has 3 aliphatic rings. The molecule has 0 aliphatic carbocycles. The van der Waals surface area contributed by atoms with Crippen LogP contribution in [0.1, 0.15) is 67.9 Å². The summed E-state index contributed by atoms with van der Waals surface area (Å²) in [6.07, 6.45) is 0. The lowest BCUT2D eigenvalue weighted by molar-refractivity contribution is -0.136. The molecule has 3 heterocycles. The van der Waals surface area contributed by atoms with Gasteiger partial charge in [-0.05, 0) is 36.4 Å². The minimum atomic E-state index is -1.09. The Morgan fingerprint density at radius 2 is 0.974 bits per heavy atom. The number of piperazine rings is 1. The van der Waals surface area contributed by atoms with Gasteiger partial charge in [-0.1, -0.05) is 0 Å². The molecule has 6 N–H and O–H groups in total. The average molecular weight is 527 g/mol. The fourth-order valence-electron chi connectivity index (χ4n) is 4.18. The molecule has 14 heteroatoms. The lowest BCUT2D eigenvalue weighted by Crippen LogP contribution is -2.66. The summed E-state index contributed by atoms with van der Waals surface area (Å²) in [7, 11) is 0. The maximum atomic E-state index is 12.5. The molecule has 5 rings (SSSR count). The summed E-state index contributed by atoms with van der Waals surface area (Å²) < 4.78 is 0. The molecule has 2 unspecified atom stereocenters. The molecular weight excluding hydrogens is 500 g/mol. The molecule has 200 valence electrons. The van der Waals surface area contributed by atoms with Crippen LogP contribution in [0.5, 0.6) is 0 Å². The van der Waals surface area contributed by atoms with Gasteiger partial charge in [0.25, 0.3) is 35.4 Å². The first-order chi connectivity index (χ1) is 18.1. The van der Waals surface area contributed by atoms with Gasteiger partial charge in [-0.3, -0.25) is 49.0 Å². The van der Waals surface area contributed by atoms with Gasteiger partial charge in [0, 0.05) is 29.9 Å². The van der Waals surface area contributed by atoms with E-state index in [4.69, 9.17) is 0 Å². The molecule has 0 radical (unpaired) electrons. The summed E-state index contributed by atoms with van der Waals surface area (Å²) in [4.78, 5) is 96.8. The third kappa shape index (κ3) is 4.34. The minimum absolute atomic E-state index is 0. The quantitative estimate of drug-likeness (QED) is 0.246. The Morgan fingerprint density at radius 3 is 1.37 bits per heavy atom. The average Bonchev–Trinajstić information content (AvgIpc) is 3.35. The van der Waals surface area contributed by atoms with Crippen LogP contribution in [-0.4, -0.2) is 72.4 Å². The summed E-state index contributed by atoms with van der Waals surface area (Å²) in [5.41, 5.74) is 0.608. The highest BCUT2D eigenvalue weighted by Gasteiger charge is 2.35. The second-order valence-corrected chi connectivity index (χ2v) is 8.63. The maximum Gasteiger partial charge on any atom is 0.258 e. The zero-order valence-corrected chi connectivity index (χ0v) is 19.3. The number of hydrogen-bond donors (Lipinski definition) is 6.